The Morgan fingerprint density at radius 2 is 2.09 bits per heavy atom. The third-order valence-corrected chi connectivity index (χ3v) is 6.49. The normalized spacial score (nSPS) is 18.6. The zero-order valence-electron chi connectivity index (χ0n) is 19.4. The minimum absolute atomic E-state index is 0.0622. The van der Waals surface area contributed by atoms with Crippen molar-refractivity contribution in [3.8, 4) is 5.75 Å². The maximum atomic E-state index is 14.7. The summed E-state index contributed by atoms with van der Waals surface area (Å²) in [6, 6.07) is 7.89. The van der Waals surface area contributed by atoms with Crippen LogP contribution in [-0.4, -0.2) is 46.6 Å². The number of hydrogen-bond acceptors (Lipinski definition) is 8. The number of anilines is 2. The van der Waals surface area contributed by atoms with Crippen LogP contribution in [-0.2, 0) is 17.8 Å². The van der Waals surface area contributed by atoms with Crippen LogP contribution in [0, 0.1) is 5.82 Å². The number of benzene rings is 1. The molecular formula is C25H28FN5O3. The molecule has 1 saturated heterocycles. The van der Waals surface area contributed by atoms with Crippen LogP contribution in [0.15, 0.2) is 41.2 Å². The van der Waals surface area contributed by atoms with Crippen molar-refractivity contribution >= 4 is 17.5 Å². The van der Waals surface area contributed by atoms with Gasteiger partial charge >= 0.3 is 0 Å². The fourth-order valence-corrected chi connectivity index (χ4v) is 4.67. The lowest BCUT2D eigenvalue weighted by Gasteiger charge is -2.27. The number of aromatic nitrogens is 3. The number of rotatable bonds is 7. The highest BCUT2D eigenvalue weighted by Gasteiger charge is 2.29. The van der Waals surface area contributed by atoms with Crippen molar-refractivity contribution in [1.29, 1.82) is 0 Å². The minimum Gasteiger partial charge on any atom is -0.489 e. The Labute approximate surface area is 197 Å². The van der Waals surface area contributed by atoms with E-state index in [-0.39, 0.29) is 17.8 Å². The zero-order valence-corrected chi connectivity index (χ0v) is 19.4. The monoisotopic (exact) mass is 465 g/mol. The summed E-state index contributed by atoms with van der Waals surface area (Å²) >= 11 is 0. The predicted octanol–water partition coefficient (Wildman–Crippen LogP) is 3.91. The van der Waals surface area contributed by atoms with Crippen LogP contribution in [0.5, 0.6) is 5.75 Å². The second-order valence-corrected chi connectivity index (χ2v) is 9.15. The van der Waals surface area contributed by atoms with E-state index in [0.29, 0.717) is 44.4 Å². The van der Waals surface area contributed by atoms with Gasteiger partial charge in [0.25, 0.3) is 0 Å². The van der Waals surface area contributed by atoms with E-state index in [1.807, 2.05) is 41.0 Å². The van der Waals surface area contributed by atoms with Crippen LogP contribution >= 0.6 is 0 Å². The smallest absolute Gasteiger partial charge is 0.227 e. The van der Waals surface area contributed by atoms with E-state index in [1.165, 1.54) is 6.20 Å². The van der Waals surface area contributed by atoms with Gasteiger partial charge in [-0.05, 0) is 30.5 Å². The largest absolute Gasteiger partial charge is 0.489 e. The van der Waals surface area contributed by atoms with Gasteiger partial charge in [-0.3, -0.25) is 0 Å². The molecule has 0 amide bonds. The Kier molecular flexibility index (Phi) is 6.17. The number of nitrogens with zero attached hydrogens (tertiary/aromatic N) is 5. The number of Topliss-reactive ketones (excluding diaryl/α,β-unsaturated/α-hetero) is 1. The summed E-state index contributed by atoms with van der Waals surface area (Å²) in [5.41, 5.74) is 3.08. The molecular weight excluding hydrogens is 437 g/mol. The van der Waals surface area contributed by atoms with E-state index in [9.17, 15) is 9.18 Å². The molecule has 1 fully saturated rings. The molecule has 2 atom stereocenters. The van der Waals surface area contributed by atoms with E-state index in [1.54, 1.807) is 13.2 Å². The molecule has 3 aromatic rings. The topological polar surface area (TPSA) is 84.6 Å². The van der Waals surface area contributed by atoms with E-state index in [4.69, 9.17) is 9.26 Å². The molecule has 0 radical (unpaired) electrons. The van der Waals surface area contributed by atoms with E-state index in [0.717, 1.165) is 35.4 Å². The van der Waals surface area contributed by atoms with Crippen molar-refractivity contribution in [2.75, 3.05) is 29.4 Å². The standard InChI is InChI=1S/C25H28FN5O3/c1-16(11-17(2)32)18-3-5-20(6-4-18)34-21-7-9-30(14-21)24-22(26)12-27-25(28-24)31-10-8-23-19(13-31)15-33-29-23/h3-6,12,15-16,21H,7-11,13-14H2,1-2H3/t16-,21-/m1/s1. The van der Waals surface area contributed by atoms with Crippen LogP contribution < -0.4 is 14.5 Å². The van der Waals surface area contributed by atoms with Gasteiger partial charge in [0, 0.05) is 37.9 Å². The lowest BCUT2D eigenvalue weighted by molar-refractivity contribution is -0.117. The SMILES string of the molecule is CC(=O)C[C@@H](C)c1ccc(O[C@@H]2CCN(c3nc(N4CCc5nocc5C4)ncc3F)C2)cc1. The van der Waals surface area contributed by atoms with Gasteiger partial charge in [0.15, 0.2) is 11.6 Å². The summed E-state index contributed by atoms with van der Waals surface area (Å²) in [6.07, 6.45) is 4.87. The average molecular weight is 466 g/mol. The fraction of sp³-hybridized carbons (Fsp3) is 0.440. The molecule has 2 aromatic heterocycles. The second-order valence-electron chi connectivity index (χ2n) is 9.15. The summed E-state index contributed by atoms with van der Waals surface area (Å²) in [6.45, 7) is 6.16. The molecule has 1 aromatic carbocycles. The van der Waals surface area contributed by atoms with Crippen LogP contribution in [0.2, 0.25) is 0 Å². The van der Waals surface area contributed by atoms with Gasteiger partial charge in [-0.15, -0.1) is 0 Å². The second kappa shape index (κ2) is 9.40. The van der Waals surface area contributed by atoms with Crippen molar-refractivity contribution in [2.45, 2.75) is 51.7 Å². The third-order valence-electron chi connectivity index (χ3n) is 6.49. The Morgan fingerprint density at radius 3 is 2.88 bits per heavy atom. The number of halogens is 1. The maximum Gasteiger partial charge on any atom is 0.227 e. The third kappa shape index (κ3) is 4.73. The molecule has 9 heteroatoms. The van der Waals surface area contributed by atoms with Crippen molar-refractivity contribution in [2.24, 2.45) is 0 Å². The highest BCUT2D eigenvalue weighted by molar-refractivity contribution is 5.76. The summed E-state index contributed by atoms with van der Waals surface area (Å²) in [5.74, 6) is 1.51. The van der Waals surface area contributed by atoms with Gasteiger partial charge in [0.2, 0.25) is 5.95 Å². The molecule has 178 valence electrons. The zero-order chi connectivity index (χ0) is 23.7. The van der Waals surface area contributed by atoms with Gasteiger partial charge in [0.1, 0.15) is 23.9 Å². The van der Waals surface area contributed by atoms with Gasteiger partial charge in [-0.1, -0.05) is 24.2 Å². The summed E-state index contributed by atoms with van der Waals surface area (Å²) in [5, 5.41) is 4.01. The quantitative estimate of drug-likeness (QED) is 0.519. The first-order chi connectivity index (χ1) is 16.5. The van der Waals surface area contributed by atoms with Crippen LogP contribution in [0.4, 0.5) is 16.2 Å². The van der Waals surface area contributed by atoms with E-state index >= 15 is 0 Å². The summed E-state index contributed by atoms with van der Waals surface area (Å²) in [4.78, 5) is 24.1. The van der Waals surface area contributed by atoms with Crippen molar-refractivity contribution in [3.63, 3.8) is 0 Å². The number of carbonyl (C=O) groups excluding carboxylic acids is 1. The molecule has 5 rings (SSSR count). The van der Waals surface area contributed by atoms with Crippen LogP contribution in [0.25, 0.3) is 0 Å². The first-order valence-electron chi connectivity index (χ1n) is 11.7. The highest BCUT2D eigenvalue weighted by Crippen LogP contribution is 2.28. The average Bonchev–Trinajstić information content (AvgIpc) is 3.48. The minimum atomic E-state index is -0.434. The molecule has 8 nitrogen and oxygen atoms in total. The Hall–Kier alpha value is -3.49. The summed E-state index contributed by atoms with van der Waals surface area (Å²) in [7, 11) is 0. The first-order valence-corrected chi connectivity index (χ1v) is 11.7. The molecule has 0 aliphatic carbocycles. The molecule has 2 aliphatic rings. The number of carbonyl (C=O) groups is 1. The molecule has 4 heterocycles. The lowest BCUT2D eigenvalue weighted by atomic mass is 9.96. The molecule has 0 N–H and O–H groups in total. The summed E-state index contributed by atoms with van der Waals surface area (Å²) < 4.78 is 25.9. The van der Waals surface area contributed by atoms with E-state index in [2.05, 4.69) is 15.1 Å². The van der Waals surface area contributed by atoms with Crippen LogP contribution in [0.3, 0.4) is 0 Å². The number of ketones is 1. The lowest BCUT2D eigenvalue weighted by Crippen LogP contribution is -2.32. The van der Waals surface area contributed by atoms with Gasteiger partial charge in [0.05, 0.1) is 25.0 Å². The Balaban J connectivity index is 1.23. The van der Waals surface area contributed by atoms with Crippen molar-refractivity contribution in [1.82, 2.24) is 15.1 Å². The van der Waals surface area contributed by atoms with Crippen molar-refractivity contribution in [3.05, 3.63) is 59.4 Å². The number of hydrogen-bond donors (Lipinski definition) is 0. The fourth-order valence-electron chi connectivity index (χ4n) is 4.67. The van der Waals surface area contributed by atoms with Gasteiger partial charge < -0.3 is 23.9 Å². The molecule has 2 aliphatic heterocycles. The Bertz CT molecular complexity index is 1170. The molecule has 0 spiro atoms. The molecule has 34 heavy (non-hydrogen) atoms. The van der Waals surface area contributed by atoms with Crippen molar-refractivity contribution < 1.29 is 18.4 Å². The van der Waals surface area contributed by atoms with E-state index < -0.39 is 5.82 Å². The molecule has 0 unspecified atom stereocenters. The van der Waals surface area contributed by atoms with Gasteiger partial charge in [-0.25, -0.2) is 9.37 Å². The predicted molar refractivity (Wildman–Crippen MR) is 125 cm³/mol. The van der Waals surface area contributed by atoms with Gasteiger partial charge in [-0.2, -0.15) is 4.98 Å². The highest BCUT2D eigenvalue weighted by atomic mass is 19.1. The number of fused-ring (bicyclic) bond motifs is 1. The maximum absolute atomic E-state index is 14.7. The first kappa shape index (κ1) is 22.3. The Morgan fingerprint density at radius 1 is 1.26 bits per heavy atom. The number of ether oxygens (including phenoxy) is 1. The molecule has 0 bridgehead atoms. The van der Waals surface area contributed by atoms with Crippen LogP contribution in [0.1, 0.15) is 49.4 Å². The molecule has 0 saturated carbocycles.